The van der Waals surface area contributed by atoms with Crippen LogP contribution in [-0.4, -0.2) is 20.7 Å². The second-order valence-corrected chi connectivity index (χ2v) is 8.47. The molecule has 0 heterocycles. The molecule has 0 amide bonds. The summed E-state index contributed by atoms with van der Waals surface area (Å²) in [7, 11) is -3.11. The van der Waals surface area contributed by atoms with Gasteiger partial charge in [0.1, 0.15) is 0 Å². The Hall–Kier alpha value is -0.870. The van der Waals surface area contributed by atoms with Gasteiger partial charge in [0, 0.05) is 18.3 Å². The molecular weight excluding hydrogens is 282 g/mol. The van der Waals surface area contributed by atoms with Gasteiger partial charge in [-0.1, -0.05) is 38.3 Å². The molecule has 3 atom stereocenters. The molecule has 0 radical (unpaired) electrons. The summed E-state index contributed by atoms with van der Waals surface area (Å²) in [6, 6.07) is 8.09. The van der Waals surface area contributed by atoms with Gasteiger partial charge in [0.2, 0.25) is 0 Å². The van der Waals surface area contributed by atoms with Crippen molar-refractivity contribution in [2.75, 3.05) is 6.26 Å². The quantitative estimate of drug-likeness (QED) is 0.862. The third kappa shape index (κ3) is 4.55. The lowest BCUT2D eigenvalue weighted by Gasteiger charge is -2.27. The van der Waals surface area contributed by atoms with Crippen molar-refractivity contribution in [3.63, 3.8) is 0 Å². The maximum absolute atomic E-state index is 11.5. The van der Waals surface area contributed by atoms with Crippen molar-refractivity contribution >= 4 is 9.84 Å². The van der Waals surface area contributed by atoms with Gasteiger partial charge in [0.25, 0.3) is 0 Å². The molecular formula is C17H27NO2S. The zero-order valence-electron chi connectivity index (χ0n) is 13.3. The highest BCUT2D eigenvalue weighted by atomic mass is 32.2. The van der Waals surface area contributed by atoms with Crippen LogP contribution in [0.3, 0.4) is 0 Å². The molecule has 1 aliphatic carbocycles. The smallest absolute Gasteiger partial charge is 0.175 e. The summed E-state index contributed by atoms with van der Waals surface area (Å²) in [4.78, 5) is 0.390. The van der Waals surface area contributed by atoms with E-state index in [2.05, 4.69) is 19.2 Å². The zero-order chi connectivity index (χ0) is 15.5. The highest BCUT2D eigenvalue weighted by molar-refractivity contribution is 7.90. The molecule has 3 nitrogen and oxygen atoms in total. The van der Waals surface area contributed by atoms with E-state index < -0.39 is 9.84 Å². The van der Waals surface area contributed by atoms with Crippen molar-refractivity contribution in [2.45, 2.75) is 62.9 Å². The lowest BCUT2D eigenvalue weighted by Crippen LogP contribution is -2.36. The van der Waals surface area contributed by atoms with Crippen LogP contribution in [0.25, 0.3) is 0 Å². The molecule has 0 spiro atoms. The Morgan fingerprint density at radius 2 is 1.71 bits per heavy atom. The molecule has 118 valence electrons. The Balaban J connectivity index is 2.04. The highest BCUT2D eigenvalue weighted by Crippen LogP contribution is 2.25. The number of sulfone groups is 1. The number of rotatable bonds is 4. The molecule has 1 aromatic rings. The second kappa shape index (κ2) is 6.93. The average molecular weight is 309 g/mol. The van der Waals surface area contributed by atoms with Crippen LogP contribution < -0.4 is 5.32 Å². The largest absolute Gasteiger partial charge is 0.307 e. The van der Waals surface area contributed by atoms with E-state index in [4.69, 9.17) is 0 Å². The van der Waals surface area contributed by atoms with Crippen LogP contribution in [0.1, 0.15) is 57.6 Å². The summed E-state index contributed by atoms with van der Waals surface area (Å²) in [5.74, 6) is 0.713. The van der Waals surface area contributed by atoms with Crippen LogP contribution in [0.2, 0.25) is 0 Å². The van der Waals surface area contributed by atoms with Crippen LogP contribution in [0.4, 0.5) is 0 Å². The van der Waals surface area contributed by atoms with Gasteiger partial charge < -0.3 is 5.32 Å². The number of hydrogen-bond acceptors (Lipinski definition) is 3. The number of hydrogen-bond donors (Lipinski definition) is 1. The van der Waals surface area contributed by atoms with Crippen molar-refractivity contribution < 1.29 is 8.42 Å². The Morgan fingerprint density at radius 1 is 1.10 bits per heavy atom. The van der Waals surface area contributed by atoms with E-state index in [0.29, 0.717) is 16.9 Å². The van der Waals surface area contributed by atoms with E-state index in [1.54, 1.807) is 12.1 Å². The van der Waals surface area contributed by atoms with E-state index in [1.807, 2.05) is 12.1 Å². The van der Waals surface area contributed by atoms with E-state index >= 15 is 0 Å². The Labute approximate surface area is 129 Å². The standard InChI is InChI=1S/C17H27NO2S/c1-13-7-5-4-6-8-17(13)18-14(2)15-9-11-16(12-10-15)21(3,19)20/h9-14,17-18H,4-8H2,1-3H3. The maximum atomic E-state index is 11.5. The Morgan fingerprint density at radius 3 is 2.33 bits per heavy atom. The minimum absolute atomic E-state index is 0.254. The molecule has 3 unspecified atom stereocenters. The first-order valence-electron chi connectivity index (χ1n) is 7.94. The molecule has 1 fully saturated rings. The van der Waals surface area contributed by atoms with Crippen molar-refractivity contribution in [3.05, 3.63) is 29.8 Å². The lowest BCUT2D eigenvalue weighted by molar-refractivity contribution is 0.330. The first-order valence-corrected chi connectivity index (χ1v) is 9.83. The molecule has 0 aliphatic heterocycles. The minimum Gasteiger partial charge on any atom is -0.307 e. The Bertz CT molecular complexity index is 551. The van der Waals surface area contributed by atoms with Crippen LogP contribution in [0, 0.1) is 5.92 Å². The van der Waals surface area contributed by atoms with Gasteiger partial charge >= 0.3 is 0 Å². The molecule has 2 rings (SSSR count). The highest BCUT2D eigenvalue weighted by Gasteiger charge is 2.21. The molecule has 0 bridgehead atoms. The zero-order valence-corrected chi connectivity index (χ0v) is 14.1. The monoisotopic (exact) mass is 309 g/mol. The fraction of sp³-hybridized carbons (Fsp3) is 0.647. The molecule has 1 saturated carbocycles. The molecule has 4 heteroatoms. The fourth-order valence-electron chi connectivity index (χ4n) is 3.16. The Kier molecular flexibility index (Phi) is 5.44. The average Bonchev–Trinajstić information content (AvgIpc) is 2.63. The molecule has 1 aliphatic rings. The molecule has 1 N–H and O–H groups in total. The second-order valence-electron chi connectivity index (χ2n) is 6.45. The predicted octanol–water partition coefficient (Wildman–Crippen LogP) is 3.71. The summed E-state index contributed by atoms with van der Waals surface area (Å²) in [5, 5.41) is 3.73. The third-order valence-electron chi connectivity index (χ3n) is 4.63. The van der Waals surface area contributed by atoms with Crippen molar-refractivity contribution in [3.8, 4) is 0 Å². The minimum atomic E-state index is -3.11. The first kappa shape index (κ1) is 16.5. The van der Waals surface area contributed by atoms with Gasteiger partial charge in [0.05, 0.1) is 4.90 Å². The van der Waals surface area contributed by atoms with E-state index in [1.165, 1.54) is 38.4 Å². The summed E-state index contributed by atoms with van der Waals surface area (Å²) in [6.45, 7) is 4.50. The van der Waals surface area contributed by atoms with Gasteiger partial charge in [-0.25, -0.2) is 8.42 Å². The predicted molar refractivity (Wildman–Crippen MR) is 87.1 cm³/mol. The summed E-state index contributed by atoms with van der Waals surface area (Å²) < 4.78 is 23.0. The maximum Gasteiger partial charge on any atom is 0.175 e. The van der Waals surface area contributed by atoms with Crippen LogP contribution in [-0.2, 0) is 9.84 Å². The first-order chi connectivity index (χ1) is 9.88. The fourth-order valence-corrected chi connectivity index (χ4v) is 3.79. The van der Waals surface area contributed by atoms with Gasteiger partial charge in [-0.3, -0.25) is 0 Å². The normalized spacial score (nSPS) is 25.3. The van der Waals surface area contributed by atoms with Crippen molar-refractivity contribution in [2.24, 2.45) is 5.92 Å². The molecule has 0 aromatic heterocycles. The van der Waals surface area contributed by atoms with Crippen LogP contribution in [0.5, 0.6) is 0 Å². The van der Waals surface area contributed by atoms with Crippen molar-refractivity contribution in [1.82, 2.24) is 5.32 Å². The van der Waals surface area contributed by atoms with Crippen molar-refractivity contribution in [1.29, 1.82) is 0 Å². The van der Waals surface area contributed by atoms with E-state index in [-0.39, 0.29) is 6.04 Å². The number of nitrogens with one attached hydrogen (secondary N) is 1. The molecule has 21 heavy (non-hydrogen) atoms. The lowest BCUT2D eigenvalue weighted by atomic mass is 9.95. The molecule has 1 aromatic carbocycles. The summed E-state index contributed by atoms with van der Waals surface area (Å²) in [6.07, 6.45) is 7.79. The van der Waals surface area contributed by atoms with Crippen LogP contribution in [0.15, 0.2) is 29.2 Å². The topological polar surface area (TPSA) is 46.2 Å². The molecule has 0 saturated heterocycles. The number of benzene rings is 1. The van der Waals surface area contributed by atoms with Gasteiger partial charge in [0.15, 0.2) is 9.84 Å². The third-order valence-corrected chi connectivity index (χ3v) is 5.76. The van der Waals surface area contributed by atoms with E-state index in [9.17, 15) is 8.42 Å². The SMILES string of the molecule is CC(NC1CCCCCC1C)c1ccc(S(C)(=O)=O)cc1. The van der Waals surface area contributed by atoms with Crippen LogP contribution >= 0.6 is 0 Å². The summed E-state index contributed by atoms with van der Waals surface area (Å²) in [5.41, 5.74) is 1.15. The van der Waals surface area contributed by atoms with E-state index in [0.717, 1.165) is 5.56 Å². The van der Waals surface area contributed by atoms with Gasteiger partial charge in [-0.2, -0.15) is 0 Å². The van der Waals surface area contributed by atoms with Gasteiger partial charge in [-0.15, -0.1) is 0 Å². The summed E-state index contributed by atoms with van der Waals surface area (Å²) >= 11 is 0. The van der Waals surface area contributed by atoms with Gasteiger partial charge in [-0.05, 0) is 43.4 Å².